The van der Waals surface area contributed by atoms with E-state index < -0.39 is 0 Å². The molecule has 1 aromatic rings. The molecule has 1 rings (SSSR count). The van der Waals surface area contributed by atoms with Crippen LogP contribution in [-0.4, -0.2) is 35.8 Å². The summed E-state index contributed by atoms with van der Waals surface area (Å²) < 4.78 is 5.12. The van der Waals surface area contributed by atoms with Gasteiger partial charge in [-0.25, -0.2) is 0 Å². The molecule has 1 amide bonds. The van der Waals surface area contributed by atoms with Gasteiger partial charge in [0.25, 0.3) is 5.91 Å². The Morgan fingerprint density at radius 1 is 1.53 bits per heavy atom. The van der Waals surface area contributed by atoms with Crippen LogP contribution in [0.1, 0.15) is 17.4 Å². The fourth-order valence-corrected chi connectivity index (χ4v) is 0.933. The first-order valence-corrected chi connectivity index (χ1v) is 4.72. The van der Waals surface area contributed by atoms with Gasteiger partial charge in [-0.15, -0.1) is 10.2 Å². The molecule has 0 radical (unpaired) electrons. The lowest BCUT2D eigenvalue weighted by atomic mass is 10.3. The number of carbonyl (C=O) groups is 1. The van der Waals surface area contributed by atoms with Gasteiger partial charge in [-0.2, -0.15) is 0 Å². The normalized spacial score (nSPS) is 9.73. The lowest BCUT2D eigenvalue weighted by molar-refractivity contribution is 0.0949. The van der Waals surface area contributed by atoms with Crippen molar-refractivity contribution in [3.8, 4) is 5.88 Å². The highest BCUT2D eigenvalue weighted by atomic mass is 16.5. The minimum absolute atomic E-state index is 0.240. The van der Waals surface area contributed by atoms with Crippen LogP contribution in [0.2, 0.25) is 0 Å². The molecule has 0 aliphatic rings. The molecular weight excluding hydrogens is 196 g/mol. The molecule has 0 spiro atoms. The van der Waals surface area contributed by atoms with E-state index in [1.54, 1.807) is 12.1 Å². The molecule has 15 heavy (non-hydrogen) atoms. The van der Waals surface area contributed by atoms with Crippen molar-refractivity contribution in [1.82, 2.24) is 15.5 Å². The molecule has 3 N–H and O–H groups in total. The van der Waals surface area contributed by atoms with E-state index in [9.17, 15) is 4.79 Å². The zero-order chi connectivity index (χ0) is 11.1. The Hall–Kier alpha value is -1.69. The molecule has 1 aromatic heterocycles. The van der Waals surface area contributed by atoms with Gasteiger partial charge in [0, 0.05) is 19.2 Å². The molecule has 0 aromatic carbocycles. The third-order valence-electron chi connectivity index (χ3n) is 1.58. The van der Waals surface area contributed by atoms with Gasteiger partial charge >= 0.3 is 0 Å². The second-order valence-electron chi connectivity index (χ2n) is 2.75. The molecule has 0 aliphatic carbocycles. The number of amides is 1. The maximum Gasteiger partial charge on any atom is 0.271 e. The van der Waals surface area contributed by atoms with Crippen molar-refractivity contribution in [1.29, 1.82) is 0 Å². The van der Waals surface area contributed by atoms with E-state index in [1.165, 1.54) is 0 Å². The molecule has 1 heterocycles. The Bertz CT molecular complexity index is 312. The Morgan fingerprint density at radius 2 is 2.33 bits per heavy atom. The molecule has 6 nitrogen and oxygen atoms in total. The number of ether oxygens (including phenoxy) is 1. The van der Waals surface area contributed by atoms with Crippen LogP contribution in [0.5, 0.6) is 5.88 Å². The highest BCUT2D eigenvalue weighted by molar-refractivity contribution is 5.91. The van der Waals surface area contributed by atoms with E-state index in [0.717, 1.165) is 0 Å². The maximum absolute atomic E-state index is 11.3. The lowest BCUT2D eigenvalue weighted by Crippen LogP contribution is -2.24. The van der Waals surface area contributed by atoms with Crippen LogP contribution in [0.15, 0.2) is 12.1 Å². The summed E-state index contributed by atoms with van der Waals surface area (Å²) in [6.45, 7) is 3.20. The van der Waals surface area contributed by atoms with Crippen molar-refractivity contribution in [3.05, 3.63) is 17.8 Å². The van der Waals surface area contributed by atoms with Crippen LogP contribution in [0.25, 0.3) is 0 Å². The summed E-state index contributed by atoms with van der Waals surface area (Å²) in [5.74, 6) is 0.129. The molecule has 6 heteroatoms. The quantitative estimate of drug-likeness (QED) is 0.687. The molecule has 0 saturated carbocycles. The highest BCUT2D eigenvalue weighted by Gasteiger charge is 2.06. The molecule has 0 atom stereocenters. The first-order valence-electron chi connectivity index (χ1n) is 4.72. The van der Waals surface area contributed by atoms with Crippen LogP contribution in [0.3, 0.4) is 0 Å². The molecule has 0 aliphatic heterocycles. The van der Waals surface area contributed by atoms with Crippen LogP contribution in [0, 0.1) is 0 Å². The van der Waals surface area contributed by atoms with E-state index in [0.29, 0.717) is 25.6 Å². The predicted octanol–water partition coefficient (Wildman–Crippen LogP) is -0.436. The van der Waals surface area contributed by atoms with E-state index in [4.69, 9.17) is 10.5 Å². The fraction of sp³-hybridized carbons (Fsp3) is 0.444. The van der Waals surface area contributed by atoms with Crippen molar-refractivity contribution >= 4 is 5.91 Å². The standard InChI is InChI=1S/C9H14N4O2/c1-2-11-9(14)7-3-4-8(13-12-7)15-6-5-10/h3-4H,2,5-6,10H2,1H3,(H,11,14). The van der Waals surface area contributed by atoms with Crippen LogP contribution < -0.4 is 15.8 Å². The van der Waals surface area contributed by atoms with Gasteiger partial charge in [0.1, 0.15) is 6.61 Å². The van der Waals surface area contributed by atoms with Gasteiger partial charge in [-0.05, 0) is 13.0 Å². The average molecular weight is 210 g/mol. The second kappa shape index (κ2) is 5.92. The van der Waals surface area contributed by atoms with Crippen molar-refractivity contribution in [2.75, 3.05) is 19.7 Å². The molecule has 82 valence electrons. The summed E-state index contributed by atoms with van der Waals surface area (Å²) in [5, 5.41) is 10.1. The summed E-state index contributed by atoms with van der Waals surface area (Å²) in [6.07, 6.45) is 0. The van der Waals surface area contributed by atoms with E-state index in [2.05, 4.69) is 15.5 Å². The number of carbonyl (C=O) groups excluding carboxylic acids is 1. The number of rotatable bonds is 5. The number of hydrogen-bond acceptors (Lipinski definition) is 5. The Morgan fingerprint density at radius 3 is 2.87 bits per heavy atom. The molecule has 0 fully saturated rings. The van der Waals surface area contributed by atoms with Crippen molar-refractivity contribution in [2.24, 2.45) is 5.73 Å². The van der Waals surface area contributed by atoms with Gasteiger partial charge in [-0.3, -0.25) is 4.79 Å². The zero-order valence-corrected chi connectivity index (χ0v) is 8.56. The number of nitrogens with two attached hydrogens (primary N) is 1. The predicted molar refractivity (Wildman–Crippen MR) is 54.6 cm³/mol. The molecule has 0 saturated heterocycles. The van der Waals surface area contributed by atoms with Crippen LogP contribution in [-0.2, 0) is 0 Å². The van der Waals surface area contributed by atoms with Gasteiger partial charge < -0.3 is 15.8 Å². The van der Waals surface area contributed by atoms with Crippen LogP contribution in [0.4, 0.5) is 0 Å². The van der Waals surface area contributed by atoms with Gasteiger partial charge in [-0.1, -0.05) is 0 Å². The number of aromatic nitrogens is 2. The SMILES string of the molecule is CCNC(=O)c1ccc(OCCN)nn1. The fourth-order valence-electron chi connectivity index (χ4n) is 0.933. The van der Waals surface area contributed by atoms with E-state index in [1.807, 2.05) is 6.92 Å². The molecule has 0 unspecified atom stereocenters. The summed E-state index contributed by atoms with van der Waals surface area (Å²) in [6, 6.07) is 3.15. The topological polar surface area (TPSA) is 90.1 Å². The van der Waals surface area contributed by atoms with Gasteiger partial charge in [0.05, 0.1) is 0 Å². The Kier molecular flexibility index (Phi) is 4.49. The summed E-state index contributed by atoms with van der Waals surface area (Å²) in [4.78, 5) is 11.3. The zero-order valence-electron chi connectivity index (χ0n) is 8.56. The van der Waals surface area contributed by atoms with Gasteiger partial charge in [0.2, 0.25) is 5.88 Å². The number of nitrogens with one attached hydrogen (secondary N) is 1. The summed E-state index contributed by atoms with van der Waals surface area (Å²) in [5.41, 5.74) is 5.53. The first kappa shape index (κ1) is 11.4. The minimum Gasteiger partial charge on any atom is -0.475 e. The first-order chi connectivity index (χ1) is 7.27. The smallest absolute Gasteiger partial charge is 0.271 e. The summed E-state index contributed by atoms with van der Waals surface area (Å²) >= 11 is 0. The minimum atomic E-state index is -0.240. The van der Waals surface area contributed by atoms with Crippen molar-refractivity contribution in [3.63, 3.8) is 0 Å². The second-order valence-corrected chi connectivity index (χ2v) is 2.75. The van der Waals surface area contributed by atoms with Crippen molar-refractivity contribution in [2.45, 2.75) is 6.92 Å². The molecular formula is C9H14N4O2. The monoisotopic (exact) mass is 210 g/mol. The van der Waals surface area contributed by atoms with E-state index >= 15 is 0 Å². The Labute approximate surface area is 87.8 Å². The van der Waals surface area contributed by atoms with Gasteiger partial charge in [0.15, 0.2) is 5.69 Å². The highest BCUT2D eigenvalue weighted by Crippen LogP contribution is 2.04. The average Bonchev–Trinajstić information content (AvgIpc) is 2.27. The number of nitrogens with zero attached hydrogens (tertiary/aromatic N) is 2. The Balaban J connectivity index is 2.59. The maximum atomic E-state index is 11.3. The molecule has 0 bridgehead atoms. The summed E-state index contributed by atoms with van der Waals surface area (Å²) in [7, 11) is 0. The van der Waals surface area contributed by atoms with Crippen molar-refractivity contribution < 1.29 is 9.53 Å². The third kappa shape index (κ3) is 3.51. The van der Waals surface area contributed by atoms with Crippen LogP contribution >= 0.6 is 0 Å². The van der Waals surface area contributed by atoms with E-state index in [-0.39, 0.29) is 11.6 Å². The number of hydrogen-bond donors (Lipinski definition) is 2. The third-order valence-corrected chi connectivity index (χ3v) is 1.58. The lowest BCUT2D eigenvalue weighted by Gasteiger charge is -2.03. The largest absolute Gasteiger partial charge is 0.475 e.